The van der Waals surface area contributed by atoms with Crippen LogP contribution in [0.5, 0.6) is 0 Å². The Labute approximate surface area is 154 Å². The van der Waals surface area contributed by atoms with Crippen molar-refractivity contribution in [3.8, 4) is 0 Å². The van der Waals surface area contributed by atoms with Gasteiger partial charge in [-0.2, -0.15) is 0 Å². The highest BCUT2D eigenvalue weighted by Crippen LogP contribution is 2.39. The molecule has 1 amide bonds. The molecule has 0 N–H and O–H groups in total. The summed E-state index contributed by atoms with van der Waals surface area (Å²) >= 11 is 0. The molecule has 6 nitrogen and oxygen atoms in total. The van der Waals surface area contributed by atoms with Crippen LogP contribution in [0.3, 0.4) is 0 Å². The van der Waals surface area contributed by atoms with Crippen LogP contribution >= 0.6 is 0 Å². The number of amides is 1. The number of aromatic nitrogens is 2. The number of benzene rings is 1. The Hall–Kier alpha value is -2.21. The molecule has 1 aromatic carbocycles. The Balaban J connectivity index is 1.43. The average molecular weight is 354 g/mol. The van der Waals surface area contributed by atoms with E-state index in [-0.39, 0.29) is 11.9 Å². The van der Waals surface area contributed by atoms with Crippen molar-refractivity contribution in [3.05, 3.63) is 47.7 Å². The van der Waals surface area contributed by atoms with Crippen LogP contribution in [0, 0.1) is 0 Å². The number of hydrogen-bond acceptors (Lipinski definition) is 5. The molecule has 2 aromatic rings. The van der Waals surface area contributed by atoms with Gasteiger partial charge in [-0.05, 0) is 24.8 Å². The van der Waals surface area contributed by atoms with Crippen LogP contribution in [-0.4, -0.2) is 45.0 Å². The molecule has 26 heavy (non-hydrogen) atoms. The minimum atomic E-state index is 0.205. The van der Waals surface area contributed by atoms with Crippen LogP contribution in [-0.2, 0) is 17.9 Å². The third-order valence-corrected chi connectivity index (χ3v) is 5.31. The van der Waals surface area contributed by atoms with Gasteiger partial charge in [-0.1, -0.05) is 37.3 Å². The molecule has 2 aliphatic rings. The molecular formula is C20H26N4O2. The van der Waals surface area contributed by atoms with Crippen molar-refractivity contribution in [1.29, 1.82) is 0 Å². The smallest absolute Gasteiger partial charge is 0.230 e. The van der Waals surface area contributed by atoms with Crippen LogP contribution < -0.4 is 0 Å². The second-order valence-corrected chi connectivity index (χ2v) is 7.36. The van der Waals surface area contributed by atoms with Crippen molar-refractivity contribution >= 4 is 5.91 Å². The summed E-state index contributed by atoms with van der Waals surface area (Å²) in [7, 11) is 0. The second-order valence-electron chi connectivity index (χ2n) is 7.36. The maximum atomic E-state index is 12.7. The molecule has 6 heteroatoms. The first kappa shape index (κ1) is 17.2. The molecule has 0 bridgehead atoms. The Bertz CT molecular complexity index is 741. The summed E-state index contributed by atoms with van der Waals surface area (Å²) in [6.07, 6.45) is 3.79. The summed E-state index contributed by atoms with van der Waals surface area (Å²) in [5.41, 5.74) is 1.18. The lowest BCUT2D eigenvalue weighted by molar-refractivity contribution is -0.133. The van der Waals surface area contributed by atoms with E-state index < -0.39 is 0 Å². The summed E-state index contributed by atoms with van der Waals surface area (Å²) in [5, 5.41) is 8.37. The van der Waals surface area contributed by atoms with Crippen molar-refractivity contribution in [1.82, 2.24) is 20.0 Å². The lowest BCUT2D eigenvalue weighted by atomic mass is 10.1. The molecule has 4 rings (SSSR count). The third kappa shape index (κ3) is 3.96. The van der Waals surface area contributed by atoms with Crippen molar-refractivity contribution in [3.63, 3.8) is 0 Å². The molecule has 2 fully saturated rings. The number of rotatable bonds is 6. The molecule has 1 atom stereocenters. The average Bonchev–Trinajstić information content (AvgIpc) is 3.43. The van der Waals surface area contributed by atoms with Gasteiger partial charge in [0.05, 0.1) is 6.54 Å². The largest absolute Gasteiger partial charge is 0.424 e. The van der Waals surface area contributed by atoms with Gasteiger partial charge in [0.25, 0.3) is 0 Å². The first-order valence-corrected chi connectivity index (χ1v) is 9.61. The zero-order valence-electron chi connectivity index (χ0n) is 15.3. The SMILES string of the molecule is CC[C@H]1CN(Cc2nnc(C3CC3)o2)CCC(=O)N1Cc1ccccc1. The predicted molar refractivity (Wildman–Crippen MR) is 97.2 cm³/mol. The van der Waals surface area contributed by atoms with Crippen LogP contribution in [0.25, 0.3) is 0 Å². The molecule has 0 radical (unpaired) electrons. The van der Waals surface area contributed by atoms with E-state index in [4.69, 9.17) is 4.42 Å². The van der Waals surface area contributed by atoms with Crippen molar-refractivity contribution in [2.45, 2.75) is 57.7 Å². The third-order valence-electron chi connectivity index (χ3n) is 5.31. The van der Waals surface area contributed by atoms with Crippen molar-refractivity contribution in [2.24, 2.45) is 0 Å². The Morgan fingerprint density at radius 1 is 1.15 bits per heavy atom. The van der Waals surface area contributed by atoms with Crippen LogP contribution in [0.1, 0.15) is 55.9 Å². The Morgan fingerprint density at radius 2 is 1.96 bits per heavy atom. The quantitative estimate of drug-likeness (QED) is 0.798. The molecule has 2 heterocycles. The summed E-state index contributed by atoms with van der Waals surface area (Å²) in [4.78, 5) is 17.1. The van der Waals surface area contributed by atoms with E-state index >= 15 is 0 Å². The van der Waals surface area contributed by atoms with Gasteiger partial charge in [0.15, 0.2) is 0 Å². The van der Waals surface area contributed by atoms with E-state index in [9.17, 15) is 4.79 Å². The van der Waals surface area contributed by atoms with Gasteiger partial charge in [-0.25, -0.2) is 0 Å². The molecule has 0 spiro atoms. The van der Waals surface area contributed by atoms with Gasteiger partial charge in [0.1, 0.15) is 0 Å². The fourth-order valence-electron chi connectivity index (χ4n) is 3.60. The van der Waals surface area contributed by atoms with E-state index in [1.807, 2.05) is 23.1 Å². The van der Waals surface area contributed by atoms with Gasteiger partial charge in [-0.3, -0.25) is 9.69 Å². The maximum absolute atomic E-state index is 12.7. The fourth-order valence-corrected chi connectivity index (χ4v) is 3.60. The van der Waals surface area contributed by atoms with Gasteiger partial charge >= 0.3 is 0 Å². The monoisotopic (exact) mass is 354 g/mol. The predicted octanol–water partition coefficient (Wildman–Crippen LogP) is 2.96. The fraction of sp³-hybridized carbons (Fsp3) is 0.550. The minimum absolute atomic E-state index is 0.205. The van der Waals surface area contributed by atoms with Gasteiger partial charge in [0, 0.05) is 38.0 Å². The van der Waals surface area contributed by atoms with Crippen molar-refractivity contribution in [2.75, 3.05) is 13.1 Å². The van der Waals surface area contributed by atoms with E-state index in [2.05, 4.69) is 34.2 Å². The zero-order chi connectivity index (χ0) is 17.9. The number of carbonyl (C=O) groups excluding carboxylic acids is 1. The number of carbonyl (C=O) groups is 1. The first-order chi connectivity index (χ1) is 12.7. The standard InChI is InChI=1S/C20H26N4O2/c1-2-17-13-23(14-18-21-22-20(26-18)16-8-9-16)11-10-19(25)24(17)12-15-6-4-3-5-7-15/h3-7,16-17H,2,8-14H2,1H3/t17-/m0/s1. The van der Waals surface area contributed by atoms with Crippen LogP contribution in [0.4, 0.5) is 0 Å². The van der Waals surface area contributed by atoms with Gasteiger partial charge < -0.3 is 9.32 Å². The van der Waals surface area contributed by atoms with Gasteiger partial charge in [0.2, 0.25) is 17.7 Å². The molecule has 0 unspecified atom stereocenters. The molecule has 1 aromatic heterocycles. The topological polar surface area (TPSA) is 62.5 Å². The van der Waals surface area contributed by atoms with E-state index in [1.54, 1.807) is 0 Å². The van der Waals surface area contributed by atoms with E-state index in [0.717, 1.165) is 38.2 Å². The molecule has 138 valence electrons. The molecule has 1 saturated heterocycles. The normalized spacial score (nSPS) is 21.8. The minimum Gasteiger partial charge on any atom is -0.424 e. The van der Waals surface area contributed by atoms with Crippen LogP contribution in [0.2, 0.25) is 0 Å². The zero-order valence-corrected chi connectivity index (χ0v) is 15.3. The lowest BCUT2D eigenvalue weighted by Crippen LogP contribution is -2.42. The summed E-state index contributed by atoms with van der Waals surface area (Å²) in [6.45, 7) is 5.04. The molecule has 1 aliphatic carbocycles. The van der Waals surface area contributed by atoms with E-state index in [0.29, 0.717) is 31.3 Å². The Morgan fingerprint density at radius 3 is 2.69 bits per heavy atom. The summed E-state index contributed by atoms with van der Waals surface area (Å²) in [5.74, 6) is 2.16. The second kappa shape index (κ2) is 7.58. The number of nitrogens with zero attached hydrogens (tertiary/aromatic N) is 4. The highest BCUT2D eigenvalue weighted by molar-refractivity contribution is 5.77. The maximum Gasteiger partial charge on any atom is 0.230 e. The molecule has 1 saturated carbocycles. The highest BCUT2D eigenvalue weighted by atomic mass is 16.4. The Kier molecular flexibility index (Phi) is 5.02. The highest BCUT2D eigenvalue weighted by Gasteiger charge is 2.31. The van der Waals surface area contributed by atoms with Crippen molar-refractivity contribution < 1.29 is 9.21 Å². The van der Waals surface area contributed by atoms with Gasteiger partial charge in [-0.15, -0.1) is 10.2 Å². The lowest BCUT2D eigenvalue weighted by Gasteiger charge is -2.31. The molecule has 1 aliphatic heterocycles. The van der Waals surface area contributed by atoms with E-state index in [1.165, 1.54) is 5.56 Å². The molecular weight excluding hydrogens is 328 g/mol. The van der Waals surface area contributed by atoms with Crippen LogP contribution in [0.15, 0.2) is 34.7 Å². The number of hydrogen-bond donors (Lipinski definition) is 0. The first-order valence-electron chi connectivity index (χ1n) is 9.61. The summed E-state index contributed by atoms with van der Waals surface area (Å²) in [6, 6.07) is 10.4. The summed E-state index contributed by atoms with van der Waals surface area (Å²) < 4.78 is 5.81.